The van der Waals surface area contributed by atoms with E-state index in [2.05, 4.69) is 4.98 Å². The Morgan fingerprint density at radius 1 is 1.24 bits per heavy atom. The van der Waals surface area contributed by atoms with Crippen LogP contribution in [0.15, 0.2) is 36.7 Å². The van der Waals surface area contributed by atoms with Gasteiger partial charge in [0.05, 0.1) is 23.4 Å². The van der Waals surface area contributed by atoms with E-state index in [4.69, 9.17) is 10.00 Å². The molecule has 1 unspecified atom stereocenters. The number of hydrogen-bond donors (Lipinski definition) is 1. The van der Waals surface area contributed by atoms with Gasteiger partial charge >= 0.3 is 6.18 Å². The Morgan fingerprint density at radius 2 is 1.96 bits per heavy atom. The molecule has 0 aliphatic rings. The number of nitriles is 1. The van der Waals surface area contributed by atoms with Crippen LogP contribution in [0.3, 0.4) is 0 Å². The summed E-state index contributed by atoms with van der Waals surface area (Å²) in [5, 5.41) is 18.4. The molecule has 1 aromatic heterocycles. The first kappa shape index (κ1) is 18.6. The normalized spacial score (nSPS) is 12.7. The maximum absolute atomic E-state index is 13.1. The topological polar surface area (TPSA) is 66.1 Å². The number of hydrogen-bond acceptors (Lipinski definition) is 4. The minimum Gasteiger partial charge on any atom is -0.506 e. The van der Waals surface area contributed by atoms with Crippen molar-refractivity contribution in [2.45, 2.75) is 32.5 Å². The molecular weight excluding hydrogens is 333 g/mol. The van der Waals surface area contributed by atoms with Crippen molar-refractivity contribution in [3.63, 3.8) is 0 Å². The number of pyridine rings is 1. The molecular formula is C18H17F3N2O2. The highest BCUT2D eigenvalue weighted by atomic mass is 19.4. The molecule has 0 aliphatic carbocycles. The number of alkyl halides is 3. The first-order valence-electron chi connectivity index (χ1n) is 7.62. The van der Waals surface area contributed by atoms with Crippen molar-refractivity contribution in [1.29, 1.82) is 5.26 Å². The van der Waals surface area contributed by atoms with Gasteiger partial charge in [-0.2, -0.15) is 18.4 Å². The van der Waals surface area contributed by atoms with E-state index in [-0.39, 0.29) is 17.4 Å². The molecule has 25 heavy (non-hydrogen) atoms. The van der Waals surface area contributed by atoms with E-state index in [1.165, 1.54) is 30.6 Å². The monoisotopic (exact) mass is 350 g/mol. The SMILES string of the molecule is CC(C)CC(Oc1ccc(C#N)c(C(F)(F)F)c1)c1cncc(O)c1. The molecule has 4 nitrogen and oxygen atoms in total. The third-order valence-electron chi connectivity index (χ3n) is 3.50. The molecule has 0 fully saturated rings. The molecule has 1 heterocycles. The van der Waals surface area contributed by atoms with Gasteiger partial charge in [-0.3, -0.25) is 4.98 Å². The maximum Gasteiger partial charge on any atom is 0.417 e. The van der Waals surface area contributed by atoms with Crippen LogP contribution in [0.2, 0.25) is 0 Å². The molecule has 0 radical (unpaired) electrons. The van der Waals surface area contributed by atoms with E-state index in [9.17, 15) is 18.3 Å². The van der Waals surface area contributed by atoms with Crippen LogP contribution in [0.5, 0.6) is 11.5 Å². The summed E-state index contributed by atoms with van der Waals surface area (Å²) < 4.78 is 45.0. The quantitative estimate of drug-likeness (QED) is 0.837. The lowest BCUT2D eigenvalue weighted by Crippen LogP contribution is -2.13. The Balaban J connectivity index is 2.38. The highest BCUT2D eigenvalue weighted by Crippen LogP contribution is 2.36. The van der Waals surface area contributed by atoms with Gasteiger partial charge in [0.15, 0.2) is 0 Å². The molecule has 7 heteroatoms. The second kappa shape index (κ2) is 7.43. The number of nitrogens with zero attached hydrogens (tertiary/aromatic N) is 2. The molecule has 0 spiro atoms. The Bertz CT molecular complexity index is 783. The minimum atomic E-state index is -4.65. The summed E-state index contributed by atoms with van der Waals surface area (Å²) in [4.78, 5) is 3.89. The summed E-state index contributed by atoms with van der Waals surface area (Å²) in [5.41, 5.74) is -0.935. The summed E-state index contributed by atoms with van der Waals surface area (Å²) in [7, 11) is 0. The molecule has 1 aromatic carbocycles. The van der Waals surface area contributed by atoms with Crippen molar-refractivity contribution < 1.29 is 23.0 Å². The van der Waals surface area contributed by atoms with Gasteiger partial charge < -0.3 is 9.84 Å². The van der Waals surface area contributed by atoms with Crippen molar-refractivity contribution >= 4 is 0 Å². The average molecular weight is 350 g/mol. The molecule has 1 N–H and O–H groups in total. The number of aromatic hydroxyl groups is 1. The zero-order chi connectivity index (χ0) is 18.6. The Labute approximate surface area is 143 Å². The number of benzene rings is 1. The third kappa shape index (κ3) is 4.86. The largest absolute Gasteiger partial charge is 0.506 e. The van der Waals surface area contributed by atoms with Gasteiger partial charge in [-0.25, -0.2) is 0 Å². The van der Waals surface area contributed by atoms with Crippen LogP contribution in [0.25, 0.3) is 0 Å². The molecule has 2 rings (SSSR count). The standard InChI is InChI=1S/C18H17F3N2O2/c1-11(2)5-17(13-6-14(24)10-23-9-13)25-15-4-3-12(8-22)16(7-15)18(19,20)21/h3-4,6-7,9-11,17,24H,5H2,1-2H3. The Kier molecular flexibility index (Phi) is 5.52. The van der Waals surface area contributed by atoms with E-state index < -0.39 is 23.4 Å². The van der Waals surface area contributed by atoms with Crippen LogP contribution < -0.4 is 4.74 Å². The summed E-state index contributed by atoms with van der Waals surface area (Å²) in [6.45, 7) is 3.90. The van der Waals surface area contributed by atoms with Gasteiger partial charge in [-0.1, -0.05) is 13.8 Å². The number of halogens is 3. The van der Waals surface area contributed by atoms with Crippen LogP contribution in [0.4, 0.5) is 13.2 Å². The van der Waals surface area contributed by atoms with Crippen molar-refractivity contribution in [2.75, 3.05) is 0 Å². The summed E-state index contributed by atoms with van der Waals surface area (Å²) in [5.74, 6) is 0.152. The van der Waals surface area contributed by atoms with Crippen LogP contribution in [0, 0.1) is 17.2 Å². The Hall–Kier alpha value is -2.75. The maximum atomic E-state index is 13.1. The highest BCUT2D eigenvalue weighted by molar-refractivity contribution is 5.44. The van der Waals surface area contributed by atoms with Gasteiger partial charge in [0.1, 0.15) is 17.6 Å². The second-order valence-corrected chi connectivity index (χ2v) is 6.03. The van der Waals surface area contributed by atoms with Gasteiger partial charge in [-0.05, 0) is 36.6 Å². The van der Waals surface area contributed by atoms with Gasteiger partial charge in [0.2, 0.25) is 0 Å². The molecule has 0 saturated carbocycles. The van der Waals surface area contributed by atoms with Crippen LogP contribution in [0.1, 0.15) is 43.1 Å². The van der Waals surface area contributed by atoms with Crippen LogP contribution in [-0.2, 0) is 6.18 Å². The molecule has 0 saturated heterocycles. The van der Waals surface area contributed by atoms with Crippen molar-refractivity contribution in [1.82, 2.24) is 4.98 Å². The van der Waals surface area contributed by atoms with Crippen molar-refractivity contribution in [3.8, 4) is 17.6 Å². The van der Waals surface area contributed by atoms with E-state index in [0.29, 0.717) is 12.0 Å². The fourth-order valence-electron chi connectivity index (χ4n) is 2.39. The highest BCUT2D eigenvalue weighted by Gasteiger charge is 2.34. The Morgan fingerprint density at radius 3 is 2.52 bits per heavy atom. The van der Waals surface area contributed by atoms with Crippen LogP contribution >= 0.6 is 0 Å². The molecule has 132 valence electrons. The van der Waals surface area contributed by atoms with Crippen LogP contribution in [-0.4, -0.2) is 10.1 Å². The second-order valence-electron chi connectivity index (χ2n) is 6.03. The predicted molar refractivity (Wildman–Crippen MR) is 84.9 cm³/mol. The number of rotatable bonds is 5. The fourth-order valence-corrected chi connectivity index (χ4v) is 2.39. The average Bonchev–Trinajstić information content (AvgIpc) is 2.53. The minimum absolute atomic E-state index is 0.000294. The third-order valence-corrected chi connectivity index (χ3v) is 3.50. The van der Waals surface area contributed by atoms with Gasteiger partial charge in [0, 0.05) is 11.8 Å². The molecule has 0 aliphatic heterocycles. The molecule has 2 aromatic rings. The first-order valence-corrected chi connectivity index (χ1v) is 7.62. The molecule has 1 atom stereocenters. The lowest BCUT2D eigenvalue weighted by atomic mass is 10.0. The summed E-state index contributed by atoms with van der Waals surface area (Å²) in [6.07, 6.45) is -1.94. The first-order chi connectivity index (χ1) is 11.7. The van der Waals surface area contributed by atoms with E-state index in [1.54, 1.807) is 0 Å². The number of ether oxygens (including phenoxy) is 1. The molecule has 0 bridgehead atoms. The van der Waals surface area contributed by atoms with Gasteiger partial charge in [0.25, 0.3) is 0 Å². The van der Waals surface area contributed by atoms with E-state index >= 15 is 0 Å². The lowest BCUT2D eigenvalue weighted by Gasteiger charge is -2.22. The van der Waals surface area contributed by atoms with E-state index in [1.807, 2.05) is 13.8 Å². The van der Waals surface area contributed by atoms with Crippen molar-refractivity contribution in [3.05, 3.63) is 53.3 Å². The summed E-state index contributed by atoms with van der Waals surface area (Å²) >= 11 is 0. The van der Waals surface area contributed by atoms with Crippen molar-refractivity contribution in [2.24, 2.45) is 5.92 Å². The smallest absolute Gasteiger partial charge is 0.417 e. The molecule has 0 amide bonds. The zero-order valence-corrected chi connectivity index (χ0v) is 13.7. The van der Waals surface area contributed by atoms with Gasteiger partial charge in [-0.15, -0.1) is 0 Å². The fraction of sp³-hybridized carbons (Fsp3) is 0.333. The van der Waals surface area contributed by atoms with E-state index in [0.717, 1.165) is 12.1 Å². The number of aromatic nitrogens is 1. The summed E-state index contributed by atoms with van der Waals surface area (Å²) in [6, 6.07) is 6.24. The lowest BCUT2D eigenvalue weighted by molar-refractivity contribution is -0.137. The predicted octanol–water partition coefficient (Wildman–Crippen LogP) is 4.84. The zero-order valence-electron chi connectivity index (χ0n) is 13.7.